The smallest absolute Gasteiger partial charge is 0.185 e. The van der Waals surface area contributed by atoms with Gasteiger partial charge in [0.05, 0.1) is 6.04 Å². The van der Waals surface area contributed by atoms with Crippen LogP contribution >= 0.6 is 0 Å². The molecule has 1 atom stereocenters. The molecule has 0 saturated heterocycles. The molecule has 0 unspecified atom stereocenters. The van der Waals surface area contributed by atoms with Crippen LogP contribution in [-0.2, 0) is 0 Å². The molecule has 0 saturated carbocycles. The van der Waals surface area contributed by atoms with Crippen LogP contribution in [0.3, 0.4) is 0 Å². The van der Waals surface area contributed by atoms with Crippen LogP contribution in [0.4, 0.5) is 5.82 Å². The highest BCUT2D eigenvalue weighted by molar-refractivity contribution is 5.99. The van der Waals surface area contributed by atoms with Gasteiger partial charge in [-0.3, -0.25) is 0 Å². The van der Waals surface area contributed by atoms with Gasteiger partial charge in [-0.2, -0.15) is 4.52 Å². The molecule has 0 radical (unpaired) electrons. The Labute approximate surface area is 127 Å². The maximum absolute atomic E-state index is 4.61. The summed E-state index contributed by atoms with van der Waals surface area (Å²) in [6.07, 6.45) is 1.63. The zero-order valence-corrected chi connectivity index (χ0v) is 12.1. The Hall–Kier alpha value is -2.95. The molecule has 5 heteroatoms. The van der Waals surface area contributed by atoms with E-state index in [-0.39, 0.29) is 6.04 Å². The summed E-state index contributed by atoms with van der Waals surface area (Å²) in [5.74, 6) is 0.833. The zero-order valence-electron chi connectivity index (χ0n) is 12.1. The highest BCUT2D eigenvalue weighted by Gasteiger charge is 2.12. The Balaban J connectivity index is 1.83. The summed E-state index contributed by atoms with van der Waals surface area (Å²) >= 11 is 0. The summed E-state index contributed by atoms with van der Waals surface area (Å²) in [5.41, 5.74) is 1.99. The lowest BCUT2D eigenvalue weighted by atomic mass is 10.1. The quantitative estimate of drug-likeness (QED) is 0.627. The van der Waals surface area contributed by atoms with Crippen molar-refractivity contribution in [2.45, 2.75) is 13.0 Å². The van der Waals surface area contributed by atoms with E-state index < -0.39 is 0 Å². The number of nitrogens with zero attached hydrogens (tertiary/aromatic N) is 4. The summed E-state index contributed by atoms with van der Waals surface area (Å²) in [4.78, 5) is 0. The first kappa shape index (κ1) is 12.8. The second kappa shape index (κ2) is 5.11. The van der Waals surface area contributed by atoms with Gasteiger partial charge in [0, 0.05) is 10.8 Å². The van der Waals surface area contributed by atoms with Crippen molar-refractivity contribution in [3.63, 3.8) is 0 Å². The average Bonchev–Trinajstić information content (AvgIpc) is 3.04. The highest BCUT2D eigenvalue weighted by atomic mass is 15.4. The van der Waals surface area contributed by atoms with Gasteiger partial charge in [-0.1, -0.05) is 54.6 Å². The molecule has 2 aromatic heterocycles. The Kier molecular flexibility index (Phi) is 2.96. The fourth-order valence-electron chi connectivity index (χ4n) is 2.66. The molecule has 0 fully saturated rings. The van der Waals surface area contributed by atoms with Crippen LogP contribution in [0.2, 0.25) is 0 Å². The topological polar surface area (TPSA) is 55.1 Å². The van der Waals surface area contributed by atoms with E-state index in [0.29, 0.717) is 0 Å². The third-order valence-electron chi connectivity index (χ3n) is 3.81. The van der Waals surface area contributed by atoms with E-state index in [1.807, 2.05) is 36.4 Å². The number of nitrogens with one attached hydrogen (secondary N) is 1. The van der Waals surface area contributed by atoms with Crippen molar-refractivity contribution in [1.29, 1.82) is 0 Å². The number of hydrogen-bond donors (Lipinski definition) is 1. The molecule has 0 amide bonds. The summed E-state index contributed by atoms with van der Waals surface area (Å²) in [6.45, 7) is 2.13. The number of hydrogen-bond acceptors (Lipinski definition) is 4. The van der Waals surface area contributed by atoms with Gasteiger partial charge in [-0.15, -0.1) is 15.3 Å². The molecule has 1 N–H and O–H groups in total. The third-order valence-corrected chi connectivity index (χ3v) is 3.81. The van der Waals surface area contributed by atoms with Crippen molar-refractivity contribution in [3.05, 3.63) is 66.5 Å². The Bertz CT molecular complexity index is 930. The summed E-state index contributed by atoms with van der Waals surface area (Å²) < 4.78 is 1.71. The van der Waals surface area contributed by atoms with Crippen molar-refractivity contribution < 1.29 is 0 Å². The third kappa shape index (κ3) is 2.07. The molecule has 4 rings (SSSR count). The summed E-state index contributed by atoms with van der Waals surface area (Å²) in [5, 5.41) is 18.3. The van der Waals surface area contributed by atoms with Crippen LogP contribution in [0.15, 0.2) is 60.9 Å². The molecule has 0 aliphatic carbocycles. The standard InChI is InChI=1S/C17H15N5/c1-12(13-7-3-2-4-8-13)19-16-14-9-5-6-10-15(14)17-20-18-11-22(17)21-16/h2-12H,1H3,(H,19,21)/t12-/m0/s1. The maximum atomic E-state index is 4.61. The predicted molar refractivity (Wildman–Crippen MR) is 86.8 cm³/mol. The number of benzene rings is 2. The lowest BCUT2D eigenvalue weighted by Gasteiger charge is -2.16. The van der Waals surface area contributed by atoms with Crippen LogP contribution in [-0.4, -0.2) is 19.8 Å². The monoisotopic (exact) mass is 289 g/mol. The molecule has 2 heterocycles. The van der Waals surface area contributed by atoms with Gasteiger partial charge in [-0.25, -0.2) is 0 Å². The Morgan fingerprint density at radius 1 is 0.955 bits per heavy atom. The maximum Gasteiger partial charge on any atom is 0.185 e. The fourth-order valence-corrected chi connectivity index (χ4v) is 2.66. The molecule has 22 heavy (non-hydrogen) atoms. The Morgan fingerprint density at radius 2 is 1.68 bits per heavy atom. The van der Waals surface area contributed by atoms with E-state index in [2.05, 4.69) is 45.7 Å². The van der Waals surface area contributed by atoms with Crippen molar-refractivity contribution in [2.24, 2.45) is 0 Å². The molecule has 0 aliphatic rings. The zero-order chi connectivity index (χ0) is 14.9. The molecular weight excluding hydrogens is 274 g/mol. The van der Waals surface area contributed by atoms with Crippen LogP contribution in [0.1, 0.15) is 18.5 Å². The SMILES string of the molecule is C[C@H](Nc1nn2cnnc2c2ccccc12)c1ccccc1. The second-order valence-corrected chi connectivity index (χ2v) is 5.27. The molecule has 0 bridgehead atoms. The van der Waals surface area contributed by atoms with E-state index in [0.717, 1.165) is 22.2 Å². The second-order valence-electron chi connectivity index (χ2n) is 5.27. The summed E-state index contributed by atoms with van der Waals surface area (Å²) in [6, 6.07) is 18.6. The summed E-state index contributed by atoms with van der Waals surface area (Å²) in [7, 11) is 0. The largest absolute Gasteiger partial charge is 0.362 e. The van der Waals surface area contributed by atoms with Crippen molar-refractivity contribution >= 4 is 22.2 Å². The van der Waals surface area contributed by atoms with Crippen molar-refractivity contribution in [2.75, 3.05) is 5.32 Å². The minimum absolute atomic E-state index is 0.158. The van der Waals surface area contributed by atoms with Crippen molar-refractivity contribution in [1.82, 2.24) is 19.8 Å². The van der Waals surface area contributed by atoms with Gasteiger partial charge in [0.15, 0.2) is 11.5 Å². The first-order valence-electron chi connectivity index (χ1n) is 7.23. The minimum atomic E-state index is 0.158. The lowest BCUT2D eigenvalue weighted by molar-refractivity contribution is 0.850. The predicted octanol–water partition coefficient (Wildman–Crippen LogP) is 3.45. The van der Waals surface area contributed by atoms with E-state index in [9.17, 15) is 0 Å². The van der Waals surface area contributed by atoms with Gasteiger partial charge in [0.25, 0.3) is 0 Å². The van der Waals surface area contributed by atoms with Gasteiger partial charge < -0.3 is 5.32 Å². The van der Waals surface area contributed by atoms with Crippen molar-refractivity contribution in [3.8, 4) is 0 Å². The molecule has 0 spiro atoms. The van der Waals surface area contributed by atoms with Crippen LogP contribution in [0.25, 0.3) is 16.4 Å². The van der Waals surface area contributed by atoms with E-state index in [1.165, 1.54) is 5.56 Å². The van der Waals surface area contributed by atoms with E-state index >= 15 is 0 Å². The van der Waals surface area contributed by atoms with Crippen LogP contribution < -0.4 is 5.32 Å². The normalized spacial score (nSPS) is 12.6. The molecule has 4 aromatic rings. The van der Waals surface area contributed by atoms with Gasteiger partial charge in [0.2, 0.25) is 0 Å². The highest BCUT2D eigenvalue weighted by Crippen LogP contribution is 2.26. The van der Waals surface area contributed by atoms with Crippen LogP contribution in [0.5, 0.6) is 0 Å². The average molecular weight is 289 g/mol. The molecular formula is C17H15N5. The van der Waals surface area contributed by atoms with Gasteiger partial charge in [-0.05, 0) is 12.5 Å². The first-order chi connectivity index (χ1) is 10.8. The number of anilines is 1. The minimum Gasteiger partial charge on any atom is -0.362 e. The van der Waals surface area contributed by atoms with Crippen LogP contribution in [0, 0.1) is 0 Å². The lowest BCUT2D eigenvalue weighted by Crippen LogP contribution is -2.10. The number of fused-ring (bicyclic) bond motifs is 3. The number of rotatable bonds is 3. The van der Waals surface area contributed by atoms with E-state index in [4.69, 9.17) is 0 Å². The fraction of sp³-hybridized carbons (Fsp3) is 0.118. The first-order valence-corrected chi connectivity index (χ1v) is 7.23. The Morgan fingerprint density at radius 3 is 2.50 bits per heavy atom. The van der Waals surface area contributed by atoms with E-state index in [1.54, 1.807) is 10.8 Å². The molecule has 108 valence electrons. The number of aromatic nitrogens is 4. The van der Waals surface area contributed by atoms with Gasteiger partial charge >= 0.3 is 0 Å². The molecule has 5 nitrogen and oxygen atoms in total. The molecule has 2 aromatic carbocycles. The van der Waals surface area contributed by atoms with Gasteiger partial charge in [0.1, 0.15) is 6.33 Å². The molecule has 0 aliphatic heterocycles.